The fourth-order valence-corrected chi connectivity index (χ4v) is 7.59. The summed E-state index contributed by atoms with van der Waals surface area (Å²) in [6.07, 6.45) is 0. The smallest absolute Gasteiger partial charge is 0.124 e. The summed E-state index contributed by atoms with van der Waals surface area (Å²) >= 11 is 0. The van der Waals surface area contributed by atoms with E-state index in [0.717, 1.165) is 5.56 Å². The normalized spacial score (nSPS) is 12.6. The second-order valence-electron chi connectivity index (χ2n) is 14.1. The highest BCUT2D eigenvalue weighted by Gasteiger charge is 2.27. The standard InChI is InChI=1S/C30H39P.C7H8O3S/c1-28(2,3)22-10-16-25(17-11-22)31(26-18-12-23(13-19-26)29(4,5)6)27-20-14-24(15-21-27)30(7,8)9;1-6-2-4-7(5-3-6)11(8,9)10/h10-21H,1-9H3;2-5H,1H3,(H,8,9,10). The van der Waals surface area contributed by atoms with Gasteiger partial charge in [-0.05, 0) is 88.4 Å². The highest BCUT2D eigenvalue weighted by atomic mass is 32.2. The second-order valence-corrected chi connectivity index (χ2v) is 18.0. The van der Waals surface area contributed by atoms with Crippen molar-refractivity contribution in [2.45, 2.75) is 90.4 Å². The maximum Gasteiger partial charge on any atom is 0.124 e. The predicted molar refractivity (Wildman–Crippen MR) is 182 cm³/mol. The molecule has 4 aromatic rings. The van der Waals surface area contributed by atoms with Crippen LogP contribution in [0.2, 0.25) is 0 Å². The molecule has 0 unspecified atom stereocenters. The van der Waals surface area contributed by atoms with Crippen LogP contribution in [0.3, 0.4) is 0 Å². The van der Waals surface area contributed by atoms with Crippen molar-refractivity contribution >= 4 is 34.0 Å². The molecule has 0 saturated carbocycles. The van der Waals surface area contributed by atoms with E-state index >= 15 is 0 Å². The maximum absolute atomic E-state index is 10.4. The summed E-state index contributed by atoms with van der Waals surface area (Å²) < 4.78 is 31.2. The molecule has 0 atom stereocenters. The van der Waals surface area contributed by atoms with E-state index in [-0.39, 0.29) is 21.1 Å². The van der Waals surface area contributed by atoms with Crippen LogP contribution in [0, 0.1) is 6.92 Å². The van der Waals surface area contributed by atoms with Crippen molar-refractivity contribution in [2.24, 2.45) is 0 Å². The third-order valence-corrected chi connectivity index (χ3v) is 11.0. The second kappa shape index (κ2) is 12.8. The summed E-state index contributed by atoms with van der Waals surface area (Å²) in [6.45, 7) is 22.4. The third-order valence-electron chi connectivity index (χ3n) is 7.43. The Morgan fingerprint density at radius 1 is 0.476 bits per heavy atom. The van der Waals surface area contributed by atoms with Crippen LogP contribution in [-0.2, 0) is 26.4 Å². The number of hydrogen-bond acceptors (Lipinski definition) is 3. The first-order chi connectivity index (χ1) is 19.3. The molecule has 0 fully saturated rings. The Hall–Kier alpha value is -2.78. The highest BCUT2D eigenvalue weighted by Crippen LogP contribution is 2.35. The SMILES string of the molecule is CC(C)(C)c1ccc([PH+](c2ccc(C(C)(C)C)cc2)c2ccc(C(C)(C)C)cc2)cc1.Cc1ccc(S(=O)(=O)[O-])cc1. The average molecular weight is 603 g/mol. The molecule has 0 saturated heterocycles. The van der Waals surface area contributed by atoms with Gasteiger partial charge in [0.1, 0.15) is 26.0 Å². The Morgan fingerprint density at radius 2 is 0.738 bits per heavy atom. The summed E-state index contributed by atoms with van der Waals surface area (Å²) in [5.74, 6) is 0. The van der Waals surface area contributed by atoms with Crippen LogP contribution in [0.4, 0.5) is 0 Å². The number of aryl methyl sites for hydroxylation is 1. The molecular weight excluding hydrogens is 555 g/mol. The van der Waals surface area contributed by atoms with E-state index in [2.05, 4.69) is 135 Å². The van der Waals surface area contributed by atoms with E-state index in [1.807, 2.05) is 6.92 Å². The number of hydrogen-bond donors (Lipinski definition) is 0. The molecule has 0 aliphatic carbocycles. The average Bonchev–Trinajstić information content (AvgIpc) is 2.88. The predicted octanol–water partition coefficient (Wildman–Crippen LogP) is 7.97. The summed E-state index contributed by atoms with van der Waals surface area (Å²) in [7, 11) is -5.33. The van der Waals surface area contributed by atoms with Gasteiger partial charge in [0.15, 0.2) is 0 Å². The van der Waals surface area contributed by atoms with Crippen LogP contribution >= 0.6 is 7.92 Å². The van der Waals surface area contributed by atoms with Crippen molar-refractivity contribution in [1.82, 2.24) is 0 Å². The Morgan fingerprint density at radius 3 is 0.952 bits per heavy atom. The summed E-state index contributed by atoms with van der Waals surface area (Å²) in [4.78, 5) is -0.178. The molecule has 0 aliphatic rings. The lowest BCUT2D eigenvalue weighted by atomic mass is 9.87. The summed E-state index contributed by atoms with van der Waals surface area (Å²) in [5, 5.41) is 4.35. The molecule has 0 bridgehead atoms. The minimum Gasteiger partial charge on any atom is -0.744 e. The molecule has 0 aliphatic heterocycles. The minimum atomic E-state index is -4.27. The lowest BCUT2D eigenvalue weighted by Gasteiger charge is -2.21. The molecule has 0 aromatic heterocycles. The lowest BCUT2D eigenvalue weighted by molar-refractivity contribution is 0.463. The summed E-state index contributed by atoms with van der Waals surface area (Å²) in [5.41, 5.74) is 5.63. The Labute approximate surface area is 255 Å². The van der Waals surface area contributed by atoms with Crippen LogP contribution in [0.15, 0.2) is 102 Å². The van der Waals surface area contributed by atoms with Crippen molar-refractivity contribution in [3.63, 3.8) is 0 Å². The van der Waals surface area contributed by atoms with E-state index in [9.17, 15) is 13.0 Å². The molecular formula is C37H47O3PS. The molecule has 3 nitrogen and oxygen atoms in total. The zero-order valence-electron chi connectivity index (χ0n) is 26.9. The quantitative estimate of drug-likeness (QED) is 0.176. The van der Waals surface area contributed by atoms with E-state index < -0.39 is 18.0 Å². The van der Waals surface area contributed by atoms with E-state index in [4.69, 9.17) is 0 Å². The van der Waals surface area contributed by atoms with Crippen LogP contribution in [0.5, 0.6) is 0 Å². The van der Waals surface area contributed by atoms with Gasteiger partial charge in [0.05, 0.1) is 12.8 Å². The first-order valence-corrected chi connectivity index (χ1v) is 17.4. The van der Waals surface area contributed by atoms with E-state index in [1.165, 1.54) is 44.7 Å². The van der Waals surface area contributed by atoms with Gasteiger partial charge >= 0.3 is 0 Å². The van der Waals surface area contributed by atoms with Crippen LogP contribution in [0.1, 0.15) is 84.6 Å². The molecule has 224 valence electrons. The molecule has 0 radical (unpaired) electrons. The van der Waals surface area contributed by atoms with Gasteiger partial charge in [0.2, 0.25) is 0 Å². The highest BCUT2D eigenvalue weighted by molar-refractivity contribution is 7.85. The van der Waals surface area contributed by atoms with Gasteiger partial charge in [-0.2, -0.15) is 0 Å². The molecule has 4 rings (SSSR count). The molecule has 0 spiro atoms. The molecule has 0 amide bonds. The Balaban J connectivity index is 0.000000369. The minimum absolute atomic E-state index is 0.175. The van der Waals surface area contributed by atoms with E-state index in [0.29, 0.717) is 0 Å². The molecule has 42 heavy (non-hydrogen) atoms. The molecule has 0 heterocycles. The zero-order valence-corrected chi connectivity index (χ0v) is 28.7. The van der Waals surface area contributed by atoms with Crippen molar-refractivity contribution in [3.8, 4) is 0 Å². The lowest BCUT2D eigenvalue weighted by Crippen LogP contribution is -2.23. The first kappa shape index (κ1) is 33.7. The van der Waals surface area contributed by atoms with Gasteiger partial charge in [-0.1, -0.05) is 116 Å². The van der Waals surface area contributed by atoms with E-state index in [1.54, 1.807) is 12.1 Å². The van der Waals surface area contributed by atoms with Crippen LogP contribution in [0.25, 0.3) is 0 Å². The van der Waals surface area contributed by atoms with Gasteiger partial charge in [0, 0.05) is 0 Å². The van der Waals surface area contributed by atoms with Crippen molar-refractivity contribution in [1.29, 1.82) is 0 Å². The summed E-state index contributed by atoms with van der Waals surface area (Å²) in [6, 6.07) is 33.9. The fourth-order valence-electron chi connectivity index (χ4n) is 4.62. The van der Waals surface area contributed by atoms with Crippen molar-refractivity contribution in [2.75, 3.05) is 0 Å². The molecule has 4 aromatic carbocycles. The third kappa shape index (κ3) is 9.11. The first-order valence-electron chi connectivity index (χ1n) is 14.5. The zero-order chi connectivity index (χ0) is 31.5. The molecule has 5 heteroatoms. The molecule has 0 N–H and O–H groups in total. The Bertz CT molecular complexity index is 1410. The Kier molecular flexibility index (Phi) is 10.3. The van der Waals surface area contributed by atoms with Gasteiger partial charge in [-0.15, -0.1) is 0 Å². The largest absolute Gasteiger partial charge is 0.744 e. The van der Waals surface area contributed by atoms with Crippen LogP contribution < -0.4 is 15.9 Å². The van der Waals surface area contributed by atoms with Gasteiger partial charge in [0.25, 0.3) is 0 Å². The fraction of sp³-hybridized carbons (Fsp3) is 0.351. The number of benzene rings is 4. The van der Waals surface area contributed by atoms with Gasteiger partial charge in [-0.3, -0.25) is 0 Å². The maximum atomic E-state index is 10.4. The van der Waals surface area contributed by atoms with Gasteiger partial charge in [-0.25, -0.2) is 8.42 Å². The van der Waals surface area contributed by atoms with Crippen LogP contribution in [-0.4, -0.2) is 13.0 Å². The topological polar surface area (TPSA) is 57.2 Å². The van der Waals surface area contributed by atoms with Gasteiger partial charge < -0.3 is 4.55 Å². The van der Waals surface area contributed by atoms with Crippen molar-refractivity contribution < 1.29 is 13.0 Å². The van der Waals surface area contributed by atoms with Crippen molar-refractivity contribution in [3.05, 3.63) is 119 Å². The number of rotatable bonds is 4. The monoisotopic (exact) mass is 602 g/mol.